The molecule has 3 aromatic rings. The Bertz CT molecular complexity index is 1060. The molecule has 7 nitrogen and oxygen atoms in total. The molecular formula is C23H26FN5O2. The van der Waals surface area contributed by atoms with Crippen LogP contribution in [-0.2, 0) is 13.1 Å². The van der Waals surface area contributed by atoms with Crippen LogP contribution in [0.15, 0.2) is 59.7 Å². The number of nitrogens with one attached hydrogen (secondary N) is 2. The van der Waals surface area contributed by atoms with Gasteiger partial charge in [0.25, 0.3) is 5.91 Å². The van der Waals surface area contributed by atoms with E-state index in [4.69, 9.17) is 4.74 Å². The van der Waals surface area contributed by atoms with Crippen LogP contribution in [-0.4, -0.2) is 28.8 Å². The average molecular weight is 423 g/mol. The average Bonchev–Trinajstić information content (AvgIpc) is 3.12. The summed E-state index contributed by atoms with van der Waals surface area (Å²) >= 11 is 0. The second kappa shape index (κ2) is 10.4. The lowest BCUT2D eigenvalue weighted by Gasteiger charge is -2.14. The van der Waals surface area contributed by atoms with Crippen LogP contribution in [0.2, 0.25) is 0 Å². The number of hydrogen-bond acceptors (Lipinski definition) is 4. The highest BCUT2D eigenvalue weighted by atomic mass is 19.1. The second-order valence-corrected chi connectivity index (χ2v) is 6.95. The summed E-state index contributed by atoms with van der Waals surface area (Å²) in [6, 6.07) is 12.7. The van der Waals surface area contributed by atoms with E-state index in [1.54, 1.807) is 13.2 Å². The van der Waals surface area contributed by atoms with Gasteiger partial charge >= 0.3 is 0 Å². The molecule has 0 aliphatic heterocycles. The van der Waals surface area contributed by atoms with Gasteiger partial charge in [0.05, 0.1) is 25.0 Å². The number of para-hydroxylation sites is 2. The highest BCUT2D eigenvalue weighted by molar-refractivity contribution is 6.10. The predicted octanol–water partition coefficient (Wildman–Crippen LogP) is 4.15. The lowest BCUT2D eigenvalue weighted by atomic mass is 10.2. The van der Waals surface area contributed by atoms with Crippen molar-refractivity contribution in [1.29, 1.82) is 0 Å². The van der Waals surface area contributed by atoms with Gasteiger partial charge in [0.15, 0.2) is 0 Å². The van der Waals surface area contributed by atoms with Crippen LogP contribution in [0, 0.1) is 12.7 Å². The first-order chi connectivity index (χ1) is 15.0. The Kier molecular flexibility index (Phi) is 7.37. The summed E-state index contributed by atoms with van der Waals surface area (Å²) in [7, 11) is 1.57. The fourth-order valence-electron chi connectivity index (χ4n) is 2.99. The number of carbonyl (C=O) groups is 1. The lowest BCUT2D eigenvalue weighted by molar-refractivity contribution is 0.0977. The van der Waals surface area contributed by atoms with Crippen LogP contribution in [0.1, 0.15) is 35.0 Å². The number of ether oxygens (including phenoxy) is 1. The first kappa shape index (κ1) is 22.0. The Balaban J connectivity index is 1.85. The summed E-state index contributed by atoms with van der Waals surface area (Å²) in [4.78, 5) is 17.2. The quantitative estimate of drug-likeness (QED) is 0.442. The summed E-state index contributed by atoms with van der Waals surface area (Å²) in [5.41, 5.74) is 2.83. The maximum Gasteiger partial charge on any atom is 0.257 e. The molecule has 2 aromatic carbocycles. The van der Waals surface area contributed by atoms with Crippen LogP contribution in [0.5, 0.6) is 5.75 Å². The molecular weight excluding hydrogens is 397 g/mol. The van der Waals surface area contributed by atoms with Gasteiger partial charge in [-0.25, -0.2) is 9.38 Å². The third-order valence-electron chi connectivity index (χ3n) is 4.61. The van der Waals surface area contributed by atoms with Crippen molar-refractivity contribution in [3.8, 4) is 5.75 Å². The molecule has 0 atom stereocenters. The van der Waals surface area contributed by atoms with Crippen molar-refractivity contribution in [2.24, 2.45) is 4.99 Å². The summed E-state index contributed by atoms with van der Waals surface area (Å²) in [5, 5.41) is 10.4. The number of nitrogens with zero attached hydrogens (tertiary/aromatic N) is 3. The van der Waals surface area contributed by atoms with Gasteiger partial charge in [-0.3, -0.25) is 14.8 Å². The number of halogens is 1. The molecule has 0 spiro atoms. The number of hydrogen-bond donors (Lipinski definition) is 2. The number of anilines is 1. The number of methoxy groups -OCH3 is 1. The molecule has 2 N–H and O–H groups in total. The molecule has 0 unspecified atom stereocenters. The van der Waals surface area contributed by atoms with Crippen LogP contribution in [0.3, 0.4) is 0 Å². The van der Waals surface area contributed by atoms with Crippen molar-refractivity contribution >= 4 is 17.6 Å². The number of carbonyl (C=O) groups excluding carboxylic acids is 1. The number of amides is 1. The zero-order chi connectivity index (χ0) is 22.2. The summed E-state index contributed by atoms with van der Waals surface area (Å²) in [6.45, 7) is 5.19. The van der Waals surface area contributed by atoms with Crippen LogP contribution >= 0.6 is 0 Å². The Morgan fingerprint density at radius 3 is 2.65 bits per heavy atom. The second-order valence-electron chi connectivity index (χ2n) is 6.95. The molecule has 3 rings (SSSR count). The maximum atomic E-state index is 13.2. The van der Waals surface area contributed by atoms with Crippen LogP contribution in [0.25, 0.3) is 0 Å². The third kappa shape index (κ3) is 5.91. The van der Waals surface area contributed by atoms with E-state index in [-0.39, 0.29) is 5.96 Å². The van der Waals surface area contributed by atoms with Crippen molar-refractivity contribution in [3.63, 3.8) is 0 Å². The number of benzene rings is 2. The number of aryl methyl sites for hydroxylation is 2. The normalized spacial score (nSPS) is 11.3. The van der Waals surface area contributed by atoms with Gasteiger partial charge < -0.3 is 10.1 Å². The molecule has 0 saturated carbocycles. The van der Waals surface area contributed by atoms with Gasteiger partial charge in [-0.05, 0) is 49.7 Å². The Morgan fingerprint density at radius 2 is 1.94 bits per heavy atom. The van der Waals surface area contributed by atoms with Crippen molar-refractivity contribution < 1.29 is 13.9 Å². The van der Waals surface area contributed by atoms with Crippen molar-refractivity contribution in [3.05, 3.63) is 77.4 Å². The summed E-state index contributed by atoms with van der Waals surface area (Å²) in [6.07, 6.45) is 2.95. The highest BCUT2D eigenvalue weighted by Gasteiger charge is 2.12. The van der Waals surface area contributed by atoms with Gasteiger partial charge in [-0.15, -0.1) is 0 Å². The largest absolute Gasteiger partial charge is 0.495 e. The highest BCUT2D eigenvalue weighted by Crippen LogP contribution is 2.23. The van der Waals surface area contributed by atoms with Gasteiger partial charge in [0.2, 0.25) is 5.96 Å². The van der Waals surface area contributed by atoms with Crippen molar-refractivity contribution in [2.75, 3.05) is 12.4 Å². The first-order valence-electron chi connectivity index (χ1n) is 10.0. The molecule has 31 heavy (non-hydrogen) atoms. The minimum atomic E-state index is -0.405. The SMILES string of the molecule is CCCn1cc(CN=C(NC(=O)c2ccc(F)cc2)Nc2ccccc2OC)c(C)n1. The van der Waals surface area contributed by atoms with E-state index >= 15 is 0 Å². The zero-order valence-corrected chi connectivity index (χ0v) is 17.9. The van der Waals surface area contributed by atoms with E-state index in [0.29, 0.717) is 23.5 Å². The van der Waals surface area contributed by atoms with E-state index in [0.717, 1.165) is 24.2 Å². The van der Waals surface area contributed by atoms with Crippen molar-refractivity contribution in [1.82, 2.24) is 15.1 Å². The monoisotopic (exact) mass is 423 g/mol. The molecule has 0 bridgehead atoms. The van der Waals surface area contributed by atoms with E-state index in [9.17, 15) is 9.18 Å². The molecule has 0 aliphatic carbocycles. The molecule has 0 aliphatic rings. The first-order valence-corrected chi connectivity index (χ1v) is 10.0. The standard InChI is InChI=1S/C23H26FN5O2/c1-4-13-29-15-18(16(2)28-29)14-25-23(26-20-7-5-6-8-21(20)31-3)27-22(30)17-9-11-19(24)12-10-17/h5-12,15H,4,13-14H2,1-3H3,(H2,25,26,27,30). The molecule has 1 aromatic heterocycles. The minimum Gasteiger partial charge on any atom is -0.495 e. The minimum absolute atomic E-state index is 0.251. The molecule has 0 saturated heterocycles. The fraction of sp³-hybridized carbons (Fsp3) is 0.261. The smallest absolute Gasteiger partial charge is 0.257 e. The number of aliphatic imine (C=N–C) groups is 1. The molecule has 0 radical (unpaired) electrons. The van der Waals surface area contributed by atoms with Gasteiger partial charge in [0.1, 0.15) is 11.6 Å². The van der Waals surface area contributed by atoms with Gasteiger partial charge in [-0.1, -0.05) is 19.1 Å². The Hall–Kier alpha value is -3.68. The topological polar surface area (TPSA) is 80.5 Å². The summed E-state index contributed by atoms with van der Waals surface area (Å²) < 4.78 is 20.5. The molecule has 8 heteroatoms. The number of aromatic nitrogens is 2. The van der Waals surface area contributed by atoms with Gasteiger partial charge in [-0.2, -0.15) is 5.10 Å². The molecule has 1 heterocycles. The van der Waals surface area contributed by atoms with E-state index in [2.05, 4.69) is 27.6 Å². The number of guanidine groups is 1. The number of rotatable bonds is 7. The molecule has 0 fully saturated rings. The molecule has 1 amide bonds. The fourth-order valence-corrected chi connectivity index (χ4v) is 2.99. The van der Waals surface area contributed by atoms with E-state index < -0.39 is 11.7 Å². The molecule has 162 valence electrons. The van der Waals surface area contributed by atoms with E-state index in [1.807, 2.05) is 36.0 Å². The predicted molar refractivity (Wildman–Crippen MR) is 119 cm³/mol. The zero-order valence-electron chi connectivity index (χ0n) is 17.9. The van der Waals surface area contributed by atoms with Gasteiger partial charge in [0, 0.05) is 23.9 Å². The maximum absolute atomic E-state index is 13.2. The van der Waals surface area contributed by atoms with Crippen LogP contribution < -0.4 is 15.4 Å². The van der Waals surface area contributed by atoms with E-state index in [1.165, 1.54) is 24.3 Å². The van der Waals surface area contributed by atoms with Crippen molar-refractivity contribution in [2.45, 2.75) is 33.4 Å². The summed E-state index contributed by atoms with van der Waals surface area (Å²) in [5.74, 6) is 0.0522. The Morgan fingerprint density at radius 1 is 1.19 bits per heavy atom. The third-order valence-corrected chi connectivity index (χ3v) is 4.61. The Labute approximate surface area is 181 Å². The van der Waals surface area contributed by atoms with Crippen LogP contribution in [0.4, 0.5) is 10.1 Å². The lowest BCUT2D eigenvalue weighted by Crippen LogP contribution is -2.36.